The average Bonchev–Trinajstić information content (AvgIpc) is 3.25. The monoisotopic (exact) mass is 507 g/mol. The van der Waals surface area contributed by atoms with Crippen LogP contribution in [0.2, 0.25) is 0 Å². The summed E-state index contributed by atoms with van der Waals surface area (Å²) in [6.45, 7) is 6.22. The van der Waals surface area contributed by atoms with E-state index in [1.807, 2.05) is 30.3 Å². The van der Waals surface area contributed by atoms with Crippen molar-refractivity contribution in [3.8, 4) is 0 Å². The summed E-state index contributed by atoms with van der Waals surface area (Å²) >= 11 is 0. The SMILES string of the molecule is Cn1nc(C(C)(C)C)cc1C(=O)Nc1ccccc1CC(=O)NC1CCC(CC2CCC(N)CC2)CC1. The predicted molar refractivity (Wildman–Crippen MR) is 148 cm³/mol. The summed E-state index contributed by atoms with van der Waals surface area (Å²) in [6, 6.07) is 10.0. The molecule has 2 aromatic rings. The number of hydrogen-bond donors (Lipinski definition) is 3. The maximum atomic E-state index is 13.0. The van der Waals surface area contributed by atoms with Gasteiger partial charge in [-0.2, -0.15) is 5.10 Å². The summed E-state index contributed by atoms with van der Waals surface area (Å²) in [7, 11) is 1.78. The van der Waals surface area contributed by atoms with Gasteiger partial charge in [0.15, 0.2) is 0 Å². The first-order chi connectivity index (χ1) is 17.6. The Balaban J connectivity index is 1.28. The molecule has 0 radical (unpaired) electrons. The van der Waals surface area contributed by atoms with E-state index >= 15 is 0 Å². The van der Waals surface area contributed by atoms with E-state index in [0.29, 0.717) is 17.4 Å². The molecular weight excluding hydrogens is 462 g/mol. The Kier molecular flexibility index (Phi) is 8.73. The quantitative estimate of drug-likeness (QED) is 0.485. The number of para-hydroxylation sites is 1. The third-order valence-electron chi connectivity index (χ3n) is 8.27. The van der Waals surface area contributed by atoms with Crippen LogP contribution in [0.1, 0.15) is 100 Å². The Bertz CT molecular complexity index is 1070. The molecule has 0 bridgehead atoms. The molecule has 2 aliphatic rings. The number of hydrogen-bond acceptors (Lipinski definition) is 4. The zero-order valence-corrected chi connectivity index (χ0v) is 23.1. The predicted octanol–water partition coefficient (Wildman–Crippen LogP) is 5.10. The fourth-order valence-corrected chi connectivity index (χ4v) is 5.92. The second-order valence-corrected chi connectivity index (χ2v) is 12.4. The van der Waals surface area contributed by atoms with Crippen molar-refractivity contribution in [3.05, 3.63) is 47.3 Å². The van der Waals surface area contributed by atoms with Crippen molar-refractivity contribution in [1.82, 2.24) is 15.1 Å². The van der Waals surface area contributed by atoms with Crippen molar-refractivity contribution < 1.29 is 9.59 Å². The highest BCUT2D eigenvalue weighted by atomic mass is 16.2. The number of carbonyl (C=O) groups excluding carboxylic acids is 2. The van der Waals surface area contributed by atoms with E-state index in [2.05, 4.69) is 36.5 Å². The Morgan fingerprint density at radius 2 is 1.62 bits per heavy atom. The van der Waals surface area contributed by atoms with Crippen LogP contribution < -0.4 is 16.4 Å². The molecule has 7 nitrogen and oxygen atoms in total. The first-order valence-electron chi connectivity index (χ1n) is 14.1. The third kappa shape index (κ3) is 7.44. The number of aromatic nitrogens is 2. The lowest BCUT2D eigenvalue weighted by Crippen LogP contribution is -2.39. The minimum atomic E-state index is -0.225. The highest BCUT2D eigenvalue weighted by Crippen LogP contribution is 2.35. The largest absolute Gasteiger partial charge is 0.353 e. The molecule has 2 amide bonds. The molecule has 0 unspecified atom stereocenters. The van der Waals surface area contributed by atoms with Crippen LogP contribution in [0.25, 0.3) is 0 Å². The molecule has 0 spiro atoms. The third-order valence-corrected chi connectivity index (χ3v) is 8.27. The van der Waals surface area contributed by atoms with Crippen molar-refractivity contribution in [2.75, 3.05) is 5.32 Å². The van der Waals surface area contributed by atoms with Crippen molar-refractivity contribution in [2.24, 2.45) is 24.6 Å². The van der Waals surface area contributed by atoms with E-state index in [1.54, 1.807) is 11.7 Å². The molecule has 1 aromatic heterocycles. The summed E-state index contributed by atoms with van der Waals surface area (Å²) in [5.74, 6) is 1.42. The topological polar surface area (TPSA) is 102 Å². The van der Waals surface area contributed by atoms with Crippen LogP contribution >= 0.6 is 0 Å². The van der Waals surface area contributed by atoms with Gasteiger partial charge in [-0.1, -0.05) is 39.0 Å². The molecule has 2 aliphatic carbocycles. The first-order valence-corrected chi connectivity index (χ1v) is 14.1. The van der Waals surface area contributed by atoms with Crippen molar-refractivity contribution in [1.29, 1.82) is 0 Å². The minimum absolute atomic E-state index is 0.0157. The summed E-state index contributed by atoms with van der Waals surface area (Å²) in [4.78, 5) is 26.0. The normalized spacial score (nSPS) is 24.5. The van der Waals surface area contributed by atoms with Gasteiger partial charge in [0.2, 0.25) is 5.91 Å². The van der Waals surface area contributed by atoms with E-state index in [-0.39, 0.29) is 29.7 Å². The maximum Gasteiger partial charge on any atom is 0.273 e. The molecule has 2 saturated carbocycles. The van der Waals surface area contributed by atoms with E-state index < -0.39 is 0 Å². The van der Waals surface area contributed by atoms with Crippen LogP contribution in [0.3, 0.4) is 0 Å². The second-order valence-electron chi connectivity index (χ2n) is 12.4. The first kappa shape index (κ1) is 27.4. The Morgan fingerprint density at radius 3 is 2.24 bits per heavy atom. The smallest absolute Gasteiger partial charge is 0.273 e. The molecule has 1 aromatic carbocycles. The molecular formula is C30H45N5O2. The van der Waals surface area contributed by atoms with Gasteiger partial charge >= 0.3 is 0 Å². The maximum absolute atomic E-state index is 13.0. The van der Waals surface area contributed by atoms with Crippen molar-refractivity contribution in [2.45, 2.75) is 102 Å². The highest BCUT2D eigenvalue weighted by Gasteiger charge is 2.27. The van der Waals surface area contributed by atoms with Gasteiger partial charge in [-0.3, -0.25) is 14.3 Å². The second kappa shape index (κ2) is 11.8. The molecule has 37 heavy (non-hydrogen) atoms. The average molecular weight is 508 g/mol. The van der Waals surface area contributed by atoms with Crippen molar-refractivity contribution >= 4 is 17.5 Å². The summed E-state index contributed by atoms with van der Waals surface area (Å²) in [5, 5.41) is 10.8. The number of amides is 2. The van der Waals surface area contributed by atoms with Crippen LogP contribution in [0, 0.1) is 11.8 Å². The molecule has 1 heterocycles. The number of nitrogens with one attached hydrogen (secondary N) is 2. The van der Waals surface area contributed by atoms with Gasteiger partial charge in [0.25, 0.3) is 5.91 Å². The molecule has 202 valence electrons. The number of rotatable bonds is 7. The molecule has 0 atom stereocenters. The fourth-order valence-electron chi connectivity index (χ4n) is 5.92. The summed E-state index contributed by atoms with van der Waals surface area (Å²) in [6.07, 6.45) is 11.0. The van der Waals surface area contributed by atoms with E-state index in [9.17, 15) is 9.59 Å². The number of nitrogens with zero attached hydrogens (tertiary/aromatic N) is 2. The van der Waals surface area contributed by atoms with Crippen molar-refractivity contribution in [3.63, 3.8) is 0 Å². The van der Waals surface area contributed by atoms with E-state index in [0.717, 1.165) is 35.9 Å². The van der Waals surface area contributed by atoms with E-state index in [1.165, 1.54) is 44.9 Å². The number of carbonyl (C=O) groups is 2. The van der Waals surface area contributed by atoms with Gasteiger partial charge in [0, 0.05) is 30.2 Å². The Labute approximate surface area is 222 Å². The Morgan fingerprint density at radius 1 is 1.00 bits per heavy atom. The molecule has 2 fully saturated rings. The molecule has 0 aliphatic heterocycles. The van der Waals surface area contributed by atoms with Gasteiger partial charge in [0.05, 0.1) is 12.1 Å². The minimum Gasteiger partial charge on any atom is -0.353 e. The number of nitrogens with two attached hydrogens (primary N) is 1. The van der Waals surface area contributed by atoms with Gasteiger partial charge in [-0.05, 0) is 87.3 Å². The standard InChI is InChI=1S/C30H45N5O2/c1-30(2,3)27-19-26(35(4)34-27)29(37)33-25-8-6-5-7-22(25)18-28(36)32-24-15-11-21(12-16-24)17-20-9-13-23(31)14-10-20/h5-8,19-21,23-24H,9-18,31H2,1-4H3,(H,32,36)(H,33,37). The zero-order chi connectivity index (χ0) is 26.6. The van der Waals surface area contributed by atoms with Gasteiger partial charge in [-0.25, -0.2) is 0 Å². The number of benzene rings is 1. The zero-order valence-electron chi connectivity index (χ0n) is 23.1. The highest BCUT2D eigenvalue weighted by molar-refractivity contribution is 6.04. The Hall–Kier alpha value is -2.67. The van der Waals surface area contributed by atoms with Crippen LogP contribution in [-0.2, 0) is 23.7 Å². The van der Waals surface area contributed by atoms with Gasteiger partial charge in [0.1, 0.15) is 5.69 Å². The lowest BCUT2D eigenvalue weighted by atomic mass is 9.76. The lowest BCUT2D eigenvalue weighted by Gasteiger charge is -2.33. The fraction of sp³-hybridized carbons (Fsp3) is 0.633. The summed E-state index contributed by atoms with van der Waals surface area (Å²) < 4.78 is 1.62. The summed E-state index contributed by atoms with van der Waals surface area (Å²) in [5.41, 5.74) is 8.77. The lowest BCUT2D eigenvalue weighted by molar-refractivity contribution is -0.121. The number of aryl methyl sites for hydroxylation is 1. The van der Waals surface area contributed by atoms with Crippen LogP contribution in [0.4, 0.5) is 5.69 Å². The molecule has 7 heteroatoms. The van der Waals surface area contributed by atoms with Crippen LogP contribution in [0.5, 0.6) is 0 Å². The van der Waals surface area contributed by atoms with Crippen LogP contribution in [0.15, 0.2) is 30.3 Å². The molecule has 4 rings (SSSR count). The van der Waals surface area contributed by atoms with Crippen LogP contribution in [-0.4, -0.2) is 33.7 Å². The molecule has 0 saturated heterocycles. The molecule has 4 N–H and O–H groups in total. The van der Waals surface area contributed by atoms with E-state index in [4.69, 9.17) is 5.73 Å². The van der Waals surface area contributed by atoms with Gasteiger partial charge in [-0.15, -0.1) is 0 Å². The van der Waals surface area contributed by atoms with Gasteiger partial charge < -0.3 is 16.4 Å². The number of anilines is 1.